The predicted molar refractivity (Wildman–Crippen MR) is 119 cm³/mol. The summed E-state index contributed by atoms with van der Waals surface area (Å²) >= 11 is 7.11. The van der Waals surface area contributed by atoms with E-state index in [9.17, 15) is 22.0 Å². The Morgan fingerprint density at radius 1 is 1.26 bits per heavy atom. The zero-order valence-electron chi connectivity index (χ0n) is 17.2. The van der Waals surface area contributed by atoms with E-state index in [1.54, 1.807) is 38.1 Å². The van der Waals surface area contributed by atoms with Gasteiger partial charge in [0, 0.05) is 17.5 Å². The van der Waals surface area contributed by atoms with Gasteiger partial charge < -0.3 is 4.90 Å². The third-order valence-electron chi connectivity index (χ3n) is 5.03. The molecule has 0 saturated heterocycles. The molecular formula is C20H22ClF2N3O3S2. The number of benzene rings is 1. The van der Waals surface area contributed by atoms with Crippen LogP contribution in [0.25, 0.3) is 0 Å². The SMILES string of the molecule is C[C@H](c1cc(F)c(N2CC=C(NS(=O)(=O)CCc3ccc(Cl)s3)C2=O)c(F)c1)N(C)C. The fraction of sp³-hybridized carbons (Fsp3) is 0.350. The minimum Gasteiger partial charge on any atom is -0.303 e. The van der Waals surface area contributed by atoms with Crippen molar-refractivity contribution in [2.24, 2.45) is 0 Å². The summed E-state index contributed by atoms with van der Waals surface area (Å²) in [7, 11) is -0.265. The standard InChI is InChI=1S/C20H22ClF2N3O3S2/c1-12(25(2)3)13-10-15(22)19(16(23)11-13)26-8-6-17(20(26)27)24-31(28,29)9-7-14-4-5-18(21)30-14/h4-6,10-12,24H,7-9H2,1-3H3/t12-/m1/s1. The maximum Gasteiger partial charge on any atom is 0.275 e. The summed E-state index contributed by atoms with van der Waals surface area (Å²) in [4.78, 5) is 16.1. The van der Waals surface area contributed by atoms with Gasteiger partial charge in [-0.3, -0.25) is 14.4 Å². The molecule has 0 bridgehead atoms. The zero-order chi connectivity index (χ0) is 22.9. The predicted octanol–water partition coefficient (Wildman–Crippen LogP) is 3.69. The Kier molecular flexibility index (Phi) is 7.04. The normalized spacial score (nSPS) is 15.5. The van der Waals surface area contributed by atoms with Gasteiger partial charge in [-0.1, -0.05) is 11.6 Å². The second kappa shape index (κ2) is 9.23. The summed E-state index contributed by atoms with van der Waals surface area (Å²) in [6.45, 7) is 1.65. The number of hydrogen-bond acceptors (Lipinski definition) is 5. The highest BCUT2D eigenvalue weighted by Gasteiger charge is 2.32. The van der Waals surface area contributed by atoms with Crippen LogP contribution in [0.3, 0.4) is 0 Å². The van der Waals surface area contributed by atoms with Crippen molar-refractivity contribution in [3.8, 4) is 0 Å². The van der Waals surface area contributed by atoms with Gasteiger partial charge in [-0.15, -0.1) is 11.3 Å². The molecule has 2 aromatic rings. The summed E-state index contributed by atoms with van der Waals surface area (Å²) in [5.41, 5.74) is -0.301. The minimum absolute atomic E-state index is 0.145. The smallest absolute Gasteiger partial charge is 0.275 e. The molecule has 0 unspecified atom stereocenters. The summed E-state index contributed by atoms with van der Waals surface area (Å²) < 4.78 is 56.9. The Hall–Kier alpha value is -2.01. The van der Waals surface area contributed by atoms with Gasteiger partial charge in [-0.2, -0.15) is 0 Å². The topological polar surface area (TPSA) is 69.7 Å². The summed E-state index contributed by atoms with van der Waals surface area (Å²) in [5.74, 6) is -2.84. The van der Waals surface area contributed by atoms with Crippen LogP contribution < -0.4 is 9.62 Å². The van der Waals surface area contributed by atoms with Gasteiger partial charge in [0.15, 0.2) is 0 Å². The molecule has 0 radical (unpaired) electrons. The highest BCUT2D eigenvalue weighted by molar-refractivity contribution is 7.89. The number of thiophene rings is 1. The molecule has 1 N–H and O–H groups in total. The van der Waals surface area contributed by atoms with Crippen molar-refractivity contribution >= 4 is 44.6 Å². The van der Waals surface area contributed by atoms with Crippen LogP contribution in [0.4, 0.5) is 14.5 Å². The number of carbonyl (C=O) groups excluding carboxylic acids is 1. The third kappa shape index (κ3) is 5.43. The van der Waals surface area contributed by atoms with Gasteiger partial charge in [-0.05, 0) is 63.3 Å². The van der Waals surface area contributed by atoms with E-state index in [0.717, 1.165) is 9.78 Å². The van der Waals surface area contributed by atoms with Crippen LogP contribution in [0, 0.1) is 11.6 Å². The molecule has 0 fully saturated rings. The number of anilines is 1. The van der Waals surface area contributed by atoms with Crippen molar-refractivity contribution in [2.75, 3.05) is 31.3 Å². The minimum atomic E-state index is -3.84. The van der Waals surface area contributed by atoms with Gasteiger partial charge in [0.25, 0.3) is 5.91 Å². The van der Waals surface area contributed by atoms with Crippen LogP contribution in [-0.2, 0) is 21.2 Å². The van der Waals surface area contributed by atoms with Crippen molar-refractivity contribution in [1.82, 2.24) is 9.62 Å². The highest BCUT2D eigenvalue weighted by atomic mass is 35.5. The lowest BCUT2D eigenvalue weighted by Crippen LogP contribution is -2.35. The van der Waals surface area contributed by atoms with Crippen LogP contribution in [0.15, 0.2) is 36.0 Å². The molecule has 1 amide bonds. The molecule has 1 atom stereocenters. The summed E-state index contributed by atoms with van der Waals surface area (Å²) in [6.07, 6.45) is 1.53. The van der Waals surface area contributed by atoms with Crippen LogP contribution in [0.2, 0.25) is 4.34 Å². The average molecular weight is 490 g/mol. The molecule has 31 heavy (non-hydrogen) atoms. The Morgan fingerprint density at radius 3 is 2.45 bits per heavy atom. The number of aryl methyl sites for hydroxylation is 1. The number of rotatable bonds is 8. The second-order valence-corrected chi connectivity index (χ2v) is 11.0. The van der Waals surface area contributed by atoms with Gasteiger partial charge in [0.05, 0.1) is 10.1 Å². The Balaban J connectivity index is 1.72. The van der Waals surface area contributed by atoms with Gasteiger partial charge in [0.1, 0.15) is 23.0 Å². The largest absolute Gasteiger partial charge is 0.303 e. The zero-order valence-corrected chi connectivity index (χ0v) is 19.5. The van der Waals surface area contributed by atoms with Crippen LogP contribution in [-0.4, -0.2) is 45.6 Å². The van der Waals surface area contributed by atoms with Crippen LogP contribution >= 0.6 is 22.9 Å². The quantitative estimate of drug-likeness (QED) is 0.614. The third-order valence-corrected chi connectivity index (χ3v) is 7.59. The number of amides is 1. The average Bonchev–Trinajstić information content (AvgIpc) is 3.25. The molecular weight excluding hydrogens is 468 g/mol. The fourth-order valence-corrected chi connectivity index (χ4v) is 5.41. The van der Waals surface area contributed by atoms with Crippen molar-refractivity contribution in [3.05, 3.63) is 62.4 Å². The van der Waals surface area contributed by atoms with Crippen LogP contribution in [0.1, 0.15) is 23.4 Å². The summed E-state index contributed by atoms with van der Waals surface area (Å²) in [5, 5.41) is 0. The number of halogens is 3. The molecule has 168 valence electrons. The molecule has 0 spiro atoms. The van der Waals surface area contributed by atoms with E-state index < -0.39 is 33.3 Å². The molecule has 2 heterocycles. The first-order chi connectivity index (χ1) is 14.5. The van der Waals surface area contributed by atoms with E-state index in [-0.39, 0.29) is 30.5 Å². The first-order valence-corrected chi connectivity index (χ1v) is 12.3. The monoisotopic (exact) mass is 489 g/mol. The molecule has 1 aromatic carbocycles. The fourth-order valence-electron chi connectivity index (χ4n) is 3.10. The molecule has 1 aromatic heterocycles. The molecule has 3 rings (SSSR count). The molecule has 0 saturated carbocycles. The number of sulfonamides is 1. The van der Waals surface area contributed by atoms with Gasteiger partial charge in [0.2, 0.25) is 10.0 Å². The first-order valence-electron chi connectivity index (χ1n) is 9.40. The van der Waals surface area contributed by atoms with E-state index in [2.05, 4.69) is 4.72 Å². The van der Waals surface area contributed by atoms with E-state index in [0.29, 0.717) is 9.90 Å². The Morgan fingerprint density at radius 2 is 1.90 bits per heavy atom. The molecule has 11 heteroatoms. The lowest BCUT2D eigenvalue weighted by molar-refractivity contribution is -0.114. The Labute approximate surface area is 189 Å². The lowest BCUT2D eigenvalue weighted by Gasteiger charge is -2.23. The maximum atomic E-state index is 14.7. The van der Waals surface area contributed by atoms with Crippen molar-refractivity contribution in [3.63, 3.8) is 0 Å². The first kappa shape index (κ1) is 23.6. The van der Waals surface area contributed by atoms with Crippen molar-refractivity contribution < 1.29 is 22.0 Å². The summed E-state index contributed by atoms with van der Waals surface area (Å²) in [6, 6.07) is 5.55. The molecule has 0 aliphatic carbocycles. The van der Waals surface area contributed by atoms with Crippen molar-refractivity contribution in [2.45, 2.75) is 19.4 Å². The van der Waals surface area contributed by atoms with Crippen LogP contribution in [0.5, 0.6) is 0 Å². The Bertz CT molecular complexity index is 1110. The molecule has 1 aliphatic rings. The number of nitrogens with zero attached hydrogens (tertiary/aromatic N) is 2. The maximum absolute atomic E-state index is 14.7. The van der Waals surface area contributed by atoms with E-state index in [1.165, 1.54) is 29.5 Å². The second-order valence-electron chi connectivity index (χ2n) is 7.38. The molecule has 6 nitrogen and oxygen atoms in total. The van der Waals surface area contributed by atoms with E-state index in [1.807, 2.05) is 0 Å². The molecule has 1 aliphatic heterocycles. The van der Waals surface area contributed by atoms with E-state index >= 15 is 0 Å². The highest BCUT2D eigenvalue weighted by Crippen LogP contribution is 2.31. The van der Waals surface area contributed by atoms with Crippen molar-refractivity contribution in [1.29, 1.82) is 0 Å². The number of nitrogens with one attached hydrogen (secondary N) is 1. The number of carbonyl (C=O) groups is 1. The van der Waals surface area contributed by atoms with Gasteiger partial charge >= 0.3 is 0 Å². The number of hydrogen-bond donors (Lipinski definition) is 1. The van der Waals surface area contributed by atoms with Gasteiger partial charge in [-0.25, -0.2) is 17.2 Å². The van der Waals surface area contributed by atoms with E-state index in [4.69, 9.17) is 11.6 Å². The lowest BCUT2D eigenvalue weighted by atomic mass is 10.1.